The van der Waals surface area contributed by atoms with Crippen LogP contribution in [0.5, 0.6) is 0 Å². The van der Waals surface area contributed by atoms with Crippen molar-refractivity contribution in [3.05, 3.63) is 0 Å². The highest BCUT2D eigenvalue weighted by Crippen LogP contribution is 2.47. The van der Waals surface area contributed by atoms with Crippen molar-refractivity contribution in [2.45, 2.75) is 65.1 Å². The molecule has 0 aromatic rings. The first-order valence-corrected chi connectivity index (χ1v) is 9.65. The van der Waals surface area contributed by atoms with Crippen LogP contribution in [0.4, 0.5) is 0 Å². The molecule has 2 saturated carbocycles. The molecule has 0 radical (unpaired) electrons. The number of amides is 1. The summed E-state index contributed by atoms with van der Waals surface area (Å²) in [4.78, 5) is 12.0. The average molecular weight is 347 g/mol. The number of hydrogen-bond donors (Lipinski definition) is 2. The van der Waals surface area contributed by atoms with Crippen molar-refractivity contribution in [1.29, 1.82) is 0 Å². The maximum atomic E-state index is 12.0. The SMILES string of the molecule is CCC(C)(C)C(=O)NCCCOC1C2CCC(C2)C1O[SH](=O)=O. The Morgan fingerprint density at radius 1 is 1.22 bits per heavy atom. The molecule has 23 heavy (non-hydrogen) atoms. The van der Waals surface area contributed by atoms with E-state index in [-0.39, 0.29) is 23.5 Å². The molecule has 134 valence electrons. The van der Waals surface area contributed by atoms with Crippen molar-refractivity contribution >= 4 is 16.9 Å². The van der Waals surface area contributed by atoms with Crippen LogP contribution in [0.25, 0.3) is 0 Å². The van der Waals surface area contributed by atoms with Gasteiger partial charge in [-0.2, -0.15) is 0 Å². The lowest BCUT2D eigenvalue weighted by molar-refractivity contribution is -0.129. The summed E-state index contributed by atoms with van der Waals surface area (Å²) in [6, 6.07) is 0. The zero-order valence-electron chi connectivity index (χ0n) is 14.2. The first kappa shape index (κ1) is 18.7. The number of carbonyl (C=O) groups is 1. The minimum absolute atomic E-state index is 0.0597. The van der Waals surface area contributed by atoms with Crippen LogP contribution in [0.15, 0.2) is 0 Å². The monoisotopic (exact) mass is 347 g/mol. The van der Waals surface area contributed by atoms with Crippen molar-refractivity contribution < 1.29 is 22.1 Å². The van der Waals surface area contributed by atoms with Gasteiger partial charge in [-0.05, 0) is 43.9 Å². The summed E-state index contributed by atoms with van der Waals surface area (Å²) in [5.41, 5.74) is -0.343. The normalized spacial score (nSPS) is 30.1. The second-order valence-corrected chi connectivity index (χ2v) is 7.97. The van der Waals surface area contributed by atoms with Gasteiger partial charge in [0.2, 0.25) is 5.91 Å². The Morgan fingerprint density at radius 2 is 1.87 bits per heavy atom. The summed E-state index contributed by atoms with van der Waals surface area (Å²) < 4.78 is 32.7. The van der Waals surface area contributed by atoms with E-state index in [0.717, 1.165) is 32.1 Å². The third kappa shape index (κ3) is 4.67. The maximum Gasteiger partial charge on any atom is 0.257 e. The summed E-state index contributed by atoms with van der Waals surface area (Å²) >= 11 is 0. The van der Waals surface area contributed by atoms with E-state index in [1.807, 2.05) is 20.8 Å². The van der Waals surface area contributed by atoms with Crippen molar-refractivity contribution in [3.8, 4) is 0 Å². The second kappa shape index (κ2) is 7.94. The van der Waals surface area contributed by atoms with Gasteiger partial charge in [-0.3, -0.25) is 8.98 Å². The zero-order valence-corrected chi connectivity index (χ0v) is 15.1. The van der Waals surface area contributed by atoms with Crippen molar-refractivity contribution in [1.82, 2.24) is 5.32 Å². The summed E-state index contributed by atoms with van der Waals surface area (Å²) in [5.74, 6) is 0.779. The highest BCUT2D eigenvalue weighted by Gasteiger charge is 2.49. The fourth-order valence-electron chi connectivity index (χ4n) is 3.56. The molecule has 0 aromatic carbocycles. The predicted molar refractivity (Wildman–Crippen MR) is 87.5 cm³/mol. The maximum absolute atomic E-state index is 12.0. The van der Waals surface area contributed by atoms with Gasteiger partial charge in [0.05, 0.1) is 6.10 Å². The molecule has 0 heterocycles. The van der Waals surface area contributed by atoms with Crippen LogP contribution in [0.1, 0.15) is 52.9 Å². The summed E-state index contributed by atoms with van der Waals surface area (Å²) in [6.45, 7) is 6.94. The van der Waals surface area contributed by atoms with E-state index >= 15 is 0 Å². The van der Waals surface area contributed by atoms with Gasteiger partial charge < -0.3 is 10.1 Å². The van der Waals surface area contributed by atoms with Crippen LogP contribution in [-0.4, -0.2) is 39.7 Å². The van der Waals surface area contributed by atoms with E-state index in [4.69, 9.17) is 8.92 Å². The molecule has 0 saturated heterocycles. The Morgan fingerprint density at radius 3 is 2.48 bits per heavy atom. The molecule has 1 amide bonds. The summed E-state index contributed by atoms with van der Waals surface area (Å²) in [5, 5.41) is 2.93. The molecule has 7 heteroatoms. The van der Waals surface area contributed by atoms with Crippen molar-refractivity contribution in [3.63, 3.8) is 0 Å². The third-order valence-electron chi connectivity index (χ3n) is 5.39. The molecule has 0 aromatic heterocycles. The van der Waals surface area contributed by atoms with Gasteiger partial charge in [0.15, 0.2) is 0 Å². The number of hydrogen-bond acceptors (Lipinski definition) is 5. The van der Waals surface area contributed by atoms with E-state index in [1.165, 1.54) is 0 Å². The minimum atomic E-state index is -2.83. The van der Waals surface area contributed by atoms with Crippen LogP contribution in [0.2, 0.25) is 0 Å². The minimum Gasteiger partial charge on any atom is -0.375 e. The number of carbonyl (C=O) groups excluding carboxylic acids is 1. The van der Waals surface area contributed by atoms with E-state index in [9.17, 15) is 13.2 Å². The standard InChI is InChI=1S/C16H29NO5S/c1-4-16(2,3)15(18)17-8-5-9-21-13-11-6-7-12(10-11)14(13)22-23(19)20/h11-14,23H,4-10H2,1-3H3,(H,17,18). The smallest absolute Gasteiger partial charge is 0.257 e. The second-order valence-electron chi connectivity index (χ2n) is 7.31. The first-order chi connectivity index (χ1) is 10.8. The Hall–Kier alpha value is -0.660. The number of fused-ring (bicyclic) bond motifs is 2. The number of rotatable bonds is 9. The Balaban J connectivity index is 1.70. The molecule has 1 N–H and O–H groups in total. The van der Waals surface area contributed by atoms with Gasteiger partial charge in [-0.15, -0.1) is 0 Å². The lowest BCUT2D eigenvalue weighted by Crippen LogP contribution is -2.39. The van der Waals surface area contributed by atoms with E-state index in [2.05, 4.69) is 5.32 Å². The molecular weight excluding hydrogens is 318 g/mol. The molecule has 2 aliphatic carbocycles. The van der Waals surface area contributed by atoms with E-state index in [0.29, 0.717) is 25.0 Å². The Kier molecular flexibility index (Phi) is 6.45. The number of nitrogens with one attached hydrogen (secondary N) is 1. The van der Waals surface area contributed by atoms with Crippen molar-refractivity contribution in [2.75, 3.05) is 13.2 Å². The van der Waals surface area contributed by atoms with Gasteiger partial charge in [-0.1, -0.05) is 20.8 Å². The molecule has 2 aliphatic rings. The van der Waals surface area contributed by atoms with Crippen LogP contribution < -0.4 is 5.32 Å². The first-order valence-electron chi connectivity index (χ1n) is 8.56. The fraction of sp³-hybridized carbons (Fsp3) is 0.938. The molecule has 4 atom stereocenters. The lowest BCUT2D eigenvalue weighted by Gasteiger charge is -2.29. The summed E-state index contributed by atoms with van der Waals surface area (Å²) in [6.07, 6.45) is 4.20. The quantitative estimate of drug-likeness (QED) is 0.490. The van der Waals surface area contributed by atoms with Gasteiger partial charge >= 0.3 is 0 Å². The van der Waals surface area contributed by atoms with E-state index in [1.54, 1.807) is 0 Å². The number of thiol groups is 1. The largest absolute Gasteiger partial charge is 0.375 e. The molecule has 6 nitrogen and oxygen atoms in total. The highest BCUT2D eigenvalue weighted by molar-refractivity contribution is 7.67. The van der Waals surface area contributed by atoms with Gasteiger partial charge in [0.25, 0.3) is 11.0 Å². The van der Waals surface area contributed by atoms with Gasteiger partial charge in [0, 0.05) is 18.6 Å². The van der Waals surface area contributed by atoms with Crippen molar-refractivity contribution in [2.24, 2.45) is 17.3 Å². The Bertz CT molecular complexity index is 483. The lowest BCUT2D eigenvalue weighted by atomic mass is 9.89. The van der Waals surface area contributed by atoms with Crippen LogP contribution in [0.3, 0.4) is 0 Å². The molecular formula is C16H29NO5S. The van der Waals surface area contributed by atoms with Gasteiger partial charge in [-0.25, -0.2) is 8.42 Å². The van der Waals surface area contributed by atoms with Crippen LogP contribution >= 0.6 is 0 Å². The molecule has 0 aliphatic heterocycles. The molecule has 2 fully saturated rings. The number of ether oxygens (including phenoxy) is 1. The average Bonchev–Trinajstić information content (AvgIpc) is 3.08. The van der Waals surface area contributed by atoms with E-state index < -0.39 is 11.0 Å². The Labute approximate surface area is 140 Å². The summed E-state index contributed by atoms with van der Waals surface area (Å²) in [7, 11) is -2.83. The van der Waals surface area contributed by atoms with Crippen LogP contribution in [0, 0.1) is 17.3 Å². The molecule has 2 bridgehead atoms. The fourth-order valence-corrected chi connectivity index (χ4v) is 4.05. The molecule has 4 unspecified atom stereocenters. The zero-order chi connectivity index (χ0) is 17.0. The molecule has 0 spiro atoms. The van der Waals surface area contributed by atoms with Crippen LogP contribution in [-0.2, 0) is 24.7 Å². The topological polar surface area (TPSA) is 81.7 Å². The predicted octanol–water partition coefficient (Wildman–Crippen LogP) is 1.66. The van der Waals surface area contributed by atoms with Gasteiger partial charge in [0.1, 0.15) is 6.10 Å². The third-order valence-corrected chi connectivity index (χ3v) is 5.81. The molecule has 2 rings (SSSR count). The highest BCUT2D eigenvalue weighted by atomic mass is 32.2.